The van der Waals surface area contributed by atoms with Crippen LogP contribution < -0.4 is 10.6 Å². The lowest BCUT2D eigenvalue weighted by Crippen LogP contribution is -2.24. The Labute approximate surface area is 211 Å². The van der Waals surface area contributed by atoms with Gasteiger partial charge in [0, 0.05) is 31.1 Å². The lowest BCUT2D eigenvalue weighted by atomic mass is 10.1. The molecule has 0 aliphatic heterocycles. The molecule has 0 aliphatic carbocycles. The highest BCUT2D eigenvalue weighted by atomic mass is 35.5. The van der Waals surface area contributed by atoms with Crippen molar-refractivity contribution in [1.29, 1.82) is 0 Å². The maximum absolute atomic E-state index is 13.9. The summed E-state index contributed by atoms with van der Waals surface area (Å²) in [5, 5.41) is 4.69. The number of halogens is 5. The highest BCUT2D eigenvalue weighted by Crippen LogP contribution is 2.35. The molecule has 14 heteroatoms. The van der Waals surface area contributed by atoms with Crippen LogP contribution in [0.5, 0.6) is 0 Å². The summed E-state index contributed by atoms with van der Waals surface area (Å²) < 4.78 is 52.9. The van der Waals surface area contributed by atoms with Crippen LogP contribution in [0.1, 0.15) is 38.8 Å². The Balaban J connectivity index is 1.64. The van der Waals surface area contributed by atoms with E-state index in [1.807, 2.05) is 0 Å². The molecule has 3 aromatic heterocycles. The molecule has 2 N–H and O–H groups in total. The quantitative estimate of drug-likeness (QED) is 0.253. The van der Waals surface area contributed by atoms with E-state index >= 15 is 0 Å². The molecule has 0 aliphatic rings. The third-order valence-corrected chi connectivity index (χ3v) is 6.04. The van der Waals surface area contributed by atoms with Crippen molar-refractivity contribution in [2.45, 2.75) is 19.1 Å². The summed E-state index contributed by atoms with van der Waals surface area (Å²) in [5.74, 6) is -2.18. The molecule has 3 rings (SSSR count). The number of nitrogens with one attached hydrogen (secondary N) is 2. The molecule has 3 heterocycles. The number of rotatable bonds is 7. The normalized spacial score (nSPS) is 13.0. The van der Waals surface area contributed by atoms with E-state index in [2.05, 4.69) is 30.6 Å². The van der Waals surface area contributed by atoms with E-state index < -0.39 is 40.4 Å². The zero-order chi connectivity index (χ0) is 26.5. The number of allylic oxidation sites excluding steroid dienone is 1. The predicted octanol–water partition coefficient (Wildman–Crippen LogP) is 4.85. The number of carbonyl (C=O) groups is 2. The second-order valence-corrected chi connectivity index (χ2v) is 8.56. The summed E-state index contributed by atoms with van der Waals surface area (Å²) in [6.07, 6.45) is 2.25. The van der Waals surface area contributed by atoms with Gasteiger partial charge in [0.2, 0.25) is 5.91 Å². The van der Waals surface area contributed by atoms with Crippen LogP contribution in [0.15, 0.2) is 54.1 Å². The Kier molecular flexibility index (Phi) is 8.48. The highest BCUT2D eigenvalue weighted by Gasteiger charge is 2.34. The number of aliphatic imine (C=N–C) groups is 1. The van der Waals surface area contributed by atoms with Gasteiger partial charge in [0.1, 0.15) is 15.7 Å². The predicted molar refractivity (Wildman–Crippen MR) is 127 cm³/mol. The van der Waals surface area contributed by atoms with Crippen molar-refractivity contribution in [3.63, 3.8) is 0 Å². The Hall–Kier alpha value is -3.71. The van der Waals surface area contributed by atoms with E-state index in [0.29, 0.717) is 11.1 Å². The number of anilines is 1. The second kappa shape index (κ2) is 11.4. The molecule has 0 spiro atoms. The van der Waals surface area contributed by atoms with Gasteiger partial charge in [0.15, 0.2) is 5.82 Å². The fourth-order valence-corrected chi connectivity index (χ4v) is 3.87. The van der Waals surface area contributed by atoms with Gasteiger partial charge in [-0.15, -0.1) is 11.3 Å². The number of nitrogens with zero attached hydrogens (tertiary/aromatic N) is 4. The van der Waals surface area contributed by atoms with Crippen LogP contribution in [0.25, 0.3) is 0 Å². The SMILES string of the molecule is CN=C(/C=C/C(=O)NC(C)c1ncc(C(=O)Nc2cc(C(F)(F)F)c(Cl)cn2)s1)c1ccncc1F. The van der Waals surface area contributed by atoms with Crippen LogP contribution in [0, 0.1) is 5.82 Å². The summed E-state index contributed by atoms with van der Waals surface area (Å²) in [4.78, 5) is 40.2. The summed E-state index contributed by atoms with van der Waals surface area (Å²) in [7, 11) is 1.45. The van der Waals surface area contributed by atoms with E-state index in [0.717, 1.165) is 23.7 Å². The third kappa shape index (κ3) is 6.70. The molecule has 0 radical (unpaired) electrons. The molecule has 0 fully saturated rings. The first-order chi connectivity index (χ1) is 17.0. The molecule has 188 valence electrons. The lowest BCUT2D eigenvalue weighted by molar-refractivity contribution is -0.137. The van der Waals surface area contributed by atoms with Gasteiger partial charge in [-0.25, -0.2) is 14.4 Å². The third-order valence-electron chi connectivity index (χ3n) is 4.56. The maximum atomic E-state index is 13.9. The topological polar surface area (TPSA) is 109 Å². The van der Waals surface area contributed by atoms with E-state index in [1.54, 1.807) is 6.92 Å². The van der Waals surface area contributed by atoms with Crippen molar-refractivity contribution in [3.05, 3.63) is 80.9 Å². The number of hydrogen-bond acceptors (Lipinski definition) is 7. The highest BCUT2D eigenvalue weighted by molar-refractivity contribution is 7.13. The molecular weight excluding hydrogens is 524 g/mol. The van der Waals surface area contributed by atoms with Gasteiger partial charge < -0.3 is 10.6 Å². The van der Waals surface area contributed by atoms with Crippen LogP contribution in [0.4, 0.5) is 23.4 Å². The Morgan fingerprint density at radius 2 is 1.94 bits per heavy atom. The summed E-state index contributed by atoms with van der Waals surface area (Å²) in [6, 6.07) is 1.44. The summed E-state index contributed by atoms with van der Waals surface area (Å²) >= 11 is 6.46. The average molecular weight is 541 g/mol. The molecule has 0 saturated carbocycles. The summed E-state index contributed by atoms with van der Waals surface area (Å²) in [6.45, 7) is 1.62. The molecule has 2 amide bonds. The number of carbonyl (C=O) groups excluding carboxylic acids is 2. The minimum absolute atomic E-state index is 0.0838. The van der Waals surface area contributed by atoms with E-state index in [9.17, 15) is 27.2 Å². The number of pyridine rings is 2. The number of thiazole rings is 1. The monoisotopic (exact) mass is 540 g/mol. The number of amides is 2. The molecule has 3 aromatic rings. The molecule has 1 unspecified atom stereocenters. The van der Waals surface area contributed by atoms with Crippen molar-refractivity contribution >= 4 is 46.3 Å². The zero-order valence-corrected chi connectivity index (χ0v) is 20.2. The van der Waals surface area contributed by atoms with Crippen LogP contribution in [-0.4, -0.2) is 39.5 Å². The largest absolute Gasteiger partial charge is 0.418 e. The van der Waals surface area contributed by atoms with Crippen molar-refractivity contribution in [2.24, 2.45) is 4.99 Å². The number of alkyl halides is 3. The minimum Gasteiger partial charge on any atom is -0.344 e. The molecule has 36 heavy (non-hydrogen) atoms. The first-order valence-corrected chi connectivity index (χ1v) is 11.2. The van der Waals surface area contributed by atoms with E-state index in [1.165, 1.54) is 37.7 Å². The molecule has 0 bridgehead atoms. The molecule has 1 atom stereocenters. The number of hydrogen-bond donors (Lipinski definition) is 2. The molecular formula is C22H17ClF4N6O2S. The van der Waals surface area contributed by atoms with Gasteiger partial charge >= 0.3 is 6.18 Å². The van der Waals surface area contributed by atoms with Crippen LogP contribution in [-0.2, 0) is 11.0 Å². The van der Waals surface area contributed by atoms with Crippen molar-refractivity contribution in [3.8, 4) is 0 Å². The standard InChI is InChI=1S/C22H17ClF4N6O2S/c1-11(32-19(34)4-3-16(28-2)12-5-6-29-9-15(12)24)21-31-10-17(36-21)20(35)33-18-7-13(22(25,26)27)14(23)8-30-18/h3-11H,1-2H3,(H,32,34)(H,30,33,35)/b4-3+,28-16?. The van der Waals surface area contributed by atoms with Gasteiger partial charge in [-0.2, -0.15) is 13.2 Å². The van der Waals surface area contributed by atoms with Crippen LogP contribution in [0.2, 0.25) is 5.02 Å². The van der Waals surface area contributed by atoms with Gasteiger partial charge in [-0.3, -0.25) is 19.6 Å². The Morgan fingerprint density at radius 1 is 1.19 bits per heavy atom. The van der Waals surface area contributed by atoms with Crippen molar-refractivity contribution in [2.75, 3.05) is 12.4 Å². The minimum atomic E-state index is -4.71. The van der Waals surface area contributed by atoms with Gasteiger partial charge in [-0.05, 0) is 25.1 Å². The van der Waals surface area contributed by atoms with Crippen molar-refractivity contribution in [1.82, 2.24) is 20.3 Å². The zero-order valence-electron chi connectivity index (χ0n) is 18.6. The fourth-order valence-electron chi connectivity index (χ4n) is 2.84. The average Bonchev–Trinajstić information content (AvgIpc) is 3.32. The number of aromatic nitrogens is 3. The first-order valence-electron chi connectivity index (χ1n) is 10.0. The first kappa shape index (κ1) is 26.9. The smallest absolute Gasteiger partial charge is 0.344 e. The maximum Gasteiger partial charge on any atom is 0.418 e. The molecule has 0 saturated heterocycles. The summed E-state index contributed by atoms with van der Waals surface area (Å²) in [5.41, 5.74) is -0.722. The van der Waals surface area contributed by atoms with E-state index in [4.69, 9.17) is 11.6 Å². The van der Waals surface area contributed by atoms with Crippen molar-refractivity contribution < 1.29 is 27.2 Å². The Morgan fingerprint density at radius 3 is 2.61 bits per heavy atom. The van der Waals surface area contributed by atoms with E-state index in [-0.39, 0.29) is 22.0 Å². The molecule has 0 aromatic carbocycles. The van der Waals surface area contributed by atoms with Gasteiger partial charge in [0.25, 0.3) is 5.91 Å². The van der Waals surface area contributed by atoms with Gasteiger partial charge in [0.05, 0.1) is 34.7 Å². The Bertz CT molecular complexity index is 1340. The lowest BCUT2D eigenvalue weighted by Gasteiger charge is -2.10. The van der Waals surface area contributed by atoms with Crippen LogP contribution >= 0.6 is 22.9 Å². The fraction of sp³-hybridized carbons (Fsp3) is 0.182. The van der Waals surface area contributed by atoms with Crippen LogP contribution in [0.3, 0.4) is 0 Å². The molecule has 8 nitrogen and oxygen atoms in total. The van der Waals surface area contributed by atoms with Gasteiger partial charge in [-0.1, -0.05) is 11.6 Å². The second-order valence-electron chi connectivity index (χ2n) is 7.09.